The molecule has 0 unspecified atom stereocenters. The van der Waals surface area contributed by atoms with Gasteiger partial charge in [0.05, 0.1) is 5.56 Å². The number of rotatable bonds is 7. The van der Waals surface area contributed by atoms with Crippen molar-refractivity contribution in [3.63, 3.8) is 0 Å². The summed E-state index contributed by atoms with van der Waals surface area (Å²) in [5, 5.41) is 2.81. The molecule has 0 aliphatic heterocycles. The standard InChI is InChI=1S/C18H14F4N6O3/c19-11-2-4-12(5-3-11)25-17-27-13(26-16(23)28-17)8-30-15(29)10-1-6-14(24-7-10)31-9-18(20,21)22/h1-7H,8-9H2,(H3,23,25,26,27,28). The minimum atomic E-state index is -4.50. The van der Waals surface area contributed by atoms with E-state index < -0.39 is 24.6 Å². The minimum absolute atomic E-state index is 0.0222. The lowest BCUT2D eigenvalue weighted by Gasteiger charge is -2.09. The van der Waals surface area contributed by atoms with Gasteiger partial charge in [-0.2, -0.15) is 28.1 Å². The van der Waals surface area contributed by atoms with Gasteiger partial charge < -0.3 is 20.5 Å². The molecule has 2 heterocycles. The molecule has 0 saturated heterocycles. The average Bonchev–Trinajstić information content (AvgIpc) is 2.72. The minimum Gasteiger partial charge on any atom is -0.468 e. The van der Waals surface area contributed by atoms with Crippen LogP contribution in [-0.4, -0.2) is 38.7 Å². The van der Waals surface area contributed by atoms with Gasteiger partial charge in [-0.05, 0) is 30.3 Å². The van der Waals surface area contributed by atoms with E-state index in [0.717, 1.165) is 12.3 Å². The first-order chi connectivity index (χ1) is 14.7. The smallest absolute Gasteiger partial charge is 0.422 e. The summed E-state index contributed by atoms with van der Waals surface area (Å²) in [6.07, 6.45) is -3.49. The third-order valence-electron chi connectivity index (χ3n) is 3.49. The molecule has 1 aromatic carbocycles. The number of nitrogens with two attached hydrogens (primary N) is 1. The highest BCUT2D eigenvalue weighted by molar-refractivity contribution is 5.89. The molecule has 0 radical (unpaired) electrons. The Hall–Kier alpha value is -4.03. The third-order valence-corrected chi connectivity index (χ3v) is 3.49. The Morgan fingerprint density at radius 1 is 1.06 bits per heavy atom. The second-order valence-corrected chi connectivity index (χ2v) is 5.93. The molecule has 0 aliphatic rings. The molecule has 3 aromatic rings. The Kier molecular flexibility index (Phi) is 6.43. The van der Waals surface area contributed by atoms with Crippen molar-refractivity contribution in [2.45, 2.75) is 12.8 Å². The number of hydrogen-bond donors (Lipinski definition) is 2. The Morgan fingerprint density at radius 2 is 1.81 bits per heavy atom. The first-order valence-corrected chi connectivity index (χ1v) is 8.54. The number of ether oxygens (including phenoxy) is 2. The van der Waals surface area contributed by atoms with Gasteiger partial charge in [-0.15, -0.1) is 0 Å². The summed E-state index contributed by atoms with van der Waals surface area (Å²) in [4.78, 5) is 27.5. The zero-order valence-corrected chi connectivity index (χ0v) is 15.6. The highest BCUT2D eigenvalue weighted by Gasteiger charge is 2.28. The molecule has 0 bridgehead atoms. The van der Waals surface area contributed by atoms with Gasteiger partial charge in [0.1, 0.15) is 5.82 Å². The third kappa shape index (κ3) is 6.76. The second-order valence-electron chi connectivity index (χ2n) is 5.93. The van der Waals surface area contributed by atoms with E-state index in [1.807, 2.05) is 0 Å². The molecule has 0 fully saturated rings. The Labute approximate surface area is 172 Å². The van der Waals surface area contributed by atoms with Gasteiger partial charge in [-0.3, -0.25) is 0 Å². The normalized spacial score (nSPS) is 11.1. The summed E-state index contributed by atoms with van der Waals surface area (Å²) >= 11 is 0. The average molecular weight is 438 g/mol. The van der Waals surface area contributed by atoms with E-state index in [0.29, 0.717) is 5.69 Å². The second kappa shape index (κ2) is 9.19. The molecule has 31 heavy (non-hydrogen) atoms. The van der Waals surface area contributed by atoms with Crippen molar-refractivity contribution >= 4 is 23.6 Å². The summed E-state index contributed by atoms with van der Waals surface area (Å²) in [7, 11) is 0. The molecule has 0 spiro atoms. The van der Waals surface area contributed by atoms with Crippen LogP contribution in [0.15, 0.2) is 42.6 Å². The highest BCUT2D eigenvalue weighted by atomic mass is 19.4. The molecular weight excluding hydrogens is 424 g/mol. The van der Waals surface area contributed by atoms with Crippen LogP contribution < -0.4 is 15.8 Å². The van der Waals surface area contributed by atoms with Gasteiger partial charge in [-0.1, -0.05) is 0 Å². The summed E-state index contributed by atoms with van der Waals surface area (Å²) in [5.41, 5.74) is 6.10. The molecule has 0 aliphatic carbocycles. The number of carbonyl (C=O) groups excluding carboxylic acids is 1. The topological polar surface area (TPSA) is 125 Å². The van der Waals surface area contributed by atoms with Crippen LogP contribution in [0.1, 0.15) is 16.2 Å². The first-order valence-electron chi connectivity index (χ1n) is 8.54. The van der Waals surface area contributed by atoms with Crippen LogP contribution in [0.5, 0.6) is 5.88 Å². The SMILES string of the molecule is Nc1nc(COC(=O)c2ccc(OCC(F)(F)F)nc2)nc(Nc2ccc(F)cc2)n1. The van der Waals surface area contributed by atoms with Gasteiger partial charge in [-0.25, -0.2) is 14.2 Å². The van der Waals surface area contributed by atoms with Crippen LogP contribution >= 0.6 is 0 Å². The number of carbonyl (C=O) groups is 1. The van der Waals surface area contributed by atoms with Crippen molar-refractivity contribution in [3.8, 4) is 5.88 Å². The molecule has 9 nitrogen and oxygen atoms in total. The monoisotopic (exact) mass is 438 g/mol. The van der Waals surface area contributed by atoms with Crippen LogP contribution in [0.3, 0.4) is 0 Å². The zero-order valence-electron chi connectivity index (χ0n) is 15.6. The van der Waals surface area contributed by atoms with Crippen LogP contribution in [0.4, 0.5) is 35.1 Å². The van der Waals surface area contributed by atoms with E-state index in [1.165, 1.54) is 30.3 Å². The highest BCUT2D eigenvalue weighted by Crippen LogP contribution is 2.18. The summed E-state index contributed by atoms with van der Waals surface area (Å²) in [6, 6.07) is 7.71. The number of halogens is 4. The molecule has 162 valence electrons. The molecule has 0 atom stereocenters. The fourth-order valence-electron chi connectivity index (χ4n) is 2.18. The van der Waals surface area contributed by atoms with E-state index >= 15 is 0 Å². The fraction of sp³-hybridized carbons (Fsp3) is 0.167. The van der Waals surface area contributed by atoms with Crippen LogP contribution in [0.2, 0.25) is 0 Å². The van der Waals surface area contributed by atoms with Gasteiger partial charge in [0.2, 0.25) is 17.8 Å². The number of aromatic nitrogens is 4. The van der Waals surface area contributed by atoms with E-state index in [4.69, 9.17) is 10.5 Å². The van der Waals surface area contributed by atoms with Gasteiger partial charge in [0, 0.05) is 18.0 Å². The van der Waals surface area contributed by atoms with E-state index in [9.17, 15) is 22.4 Å². The van der Waals surface area contributed by atoms with Crippen molar-refractivity contribution in [2.24, 2.45) is 0 Å². The first kappa shape index (κ1) is 21.7. The van der Waals surface area contributed by atoms with Crippen LogP contribution in [0.25, 0.3) is 0 Å². The predicted molar refractivity (Wildman–Crippen MR) is 98.8 cm³/mol. The Bertz CT molecular complexity index is 1050. The Balaban J connectivity index is 1.59. The number of hydrogen-bond acceptors (Lipinski definition) is 9. The van der Waals surface area contributed by atoms with Crippen molar-refractivity contribution in [3.05, 3.63) is 59.8 Å². The van der Waals surface area contributed by atoms with Gasteiger partial charge >= 0.3 is 12.1 Å². The predicted octanol–water partition coefficient (Wildman–Crippen LogP) is 3.03. The van der Waals surface area contributed by atoms with Crippen LogP contribution in [0, 0.1) is 5.82 Å². The van der Waals surface area contributed by atoms with Crippen LogP contribution in [-0.2, 0) is 11.3 Å². The number of anilines is 3. The van der Waals surface area contributed by atoms with Crippen molar-refractivity contribution in [1.82, 2.24) is 19.9 Å². The number of esters is 1. The molecule has 3 rings (SSSR count). The number of pyridine rings is 1. The fourth-order valence-corrected chi connectivity index (χ4v) is 2.18. The summed E-state index contributed by atoms with van der Waals surface area (Å²) < 4.78 is 58.9. The van der Waals surface area contributed by atoms with Gasteiger partial charge in [0.15, 0.2) is 19.0 Å². The molecular formula is C18H14F4N6O3. The summed E-state index contributed by atoms with van der Waals surface area (Å²) in [5.74, 6) is -1.58. The van der Waals surface area contributed by atoms with E-state index in [2.05, 4.69) is 30.0 Å². The molecule has 3 N–H and O–H groups in total. The van der Waals surface area contributed by atoms with E-state index in [-0.39, 0.29) is 35.8 Å². The van der Waals surface area contributed by atoms with Crippen molar-refractivity contribution in [2.75, 3.05) is 17.7 Å². The maximum Gasteiger partial charge on any atom is 0.422 e. The molecule has 0 saturated carbocycles. The largest absolute Gasteiger partial charge is 0.468 e. The lowest BCUT2D eigenvalue weighted by molar-refractivity contribution is -0.154. The lowest BCUT2D eigenvalue weighted by atomic mass is 10.3. The maximum atomic E-state index is 13.0. The number of nitrogens with zero attached hydrogens (tertiary/aromatic N) is 4. The van der Waals surface area contributed by atoms with E-state index in [1.54, 1.807) is 0 Å². The molecule has 13 heteroatoms. The zero-order chi connectivity index (χ0) is 22.4. The number of nitrogen functional groups attached to an aromatic ring is 1. The maximum absolute atomic E-state index is 13.0. The number of benzene rings is 1. The number of alkyl halides is 3. The lowest BCUT2D eigenvalue weighted by Crippen LogP contribution is -2.19. The van der Waals surface area contributed by atoms with Crippen molar-refractivity contribution in [1.29, 1.82) is 0 Å². The number of nitrogens with one attached hydrogen (secondary N) is 1. The van der Waals surface area contributed by atoms with Crippen molar-refractivity contribution < 1.29 is 31.8 Å². The quantitative estimate of drug-likeness (QED) is 0.423. The molecule has 0 amide bonds. The molecule has 2 aromatic heterocycles. The Morgan fingerprint density at radius 3 is 2.45 bits per heavy atom. The van der Waals surface area contributed by atoms with Gasteiger partial charge in [0.25, 0.3) is 0 Å². The summed E-state index contributed by atoms with van der Waals surface area (Å²) in [6.45, 7) is -1.87.